The van der Waals surface area contributed by atoms with E-state index in [4.69, 9.17) is 15.2 Å². The van der Waals surface area contributed by atoms with Gasteiger partial charge in [-0.05, 0) is 25.0 Å². The zero-order chi connectivity index (χ0) is 19.7. The van der Waals surface area contributed by atoms with Crippen molar-refractivity contribution in [2.75, 3.05) is 50.8 Å². The van der Waals surface area contributed by atoms with Crippen molar-refractivity contribution in [2.45, 2.75) is 12.8 Å². The fourth-order valence-electron chi connectivity index (χ4n) is 3.85. The quantitative estimate of drug-likeness (QED) is 0.805. The molecule has 0 atom stereocenters. The number of amides is 4. The lowest BCUT2D eigenvalue weighted by Gasteiger charge is -2.31. The molecule has 0 spiro atoms. The van der Waals surface area contributed by atoms with Gasteiger partial charge >= 0.3 is 6.03 Å². The van der Waals surface area contributed by atoms with E-state index in [0.717, 1.165) is 5.69 Å². The molecule has 0 bridgehead atoms. The first-order chi connectivity index (χ1) is 13.5. The normalized spacial score (nSPS) is 19.9. The van der Waals surface area contributed by atoms with Crippen LogP contribution in [0.2, 0.25) is 0 Å². The van der Waals surface area contributed by atoms with Crippen LogP contribution in [0, 0.1) is 5.92 Å². The largest absolute Gasteiger partial charge is 0.486 e. The number of primary amides is 1. The highest BCUT2D eigenvalue weighted by atomic mass is 16.6. The SMILES string of the molecule is NC(=O)C1CCN(C(=O)CN2CCN(c3ccc4c(c3)OCCO4)C2=O)CC1. The summed E-state index contributed by atoms with van der Waals surface area (Å²) in [5.41, 5.74) is 6.06. The monoisotopic (exact) mass is 388 g/mol. The number of hydrogen-bond donors (Lipinski definition) is 1. The molecule has 1 aromatic carbocycles. The van der Waals surface area contributed by atoms with Crippen LogP contribution in [0.4, 0.5) is 10.5 Å². The van der Waals surface area contributed by atoms with Gasteiger partial charge in [-0.3, -0.25) is 14.5 Å². The Kier molecular flexibility index (Phi) is 4.97. The van der Waals surface area contributed by atoms with Crippen LogP contribution in [0.15, 0.2) is 18.2 Å². The molecule has 9 heteroatoms. The number of anilines is 1. The van der Waals surface area contributed by atoms with Gasteiger partial charge in [-0.2, -0.15) is 0 Å². The van der Waals surface area contributed by atoms with Crippen LogP contribution in [-0.2, 0) is 9.59 Å². The molecule has 28 heavy (non-hydrogen) atoms. The van der Waals surface area contributed by atoms with Crippen molar-refractivity contribution in [2.24, 2.45) is 11.7 Å². The maximum absolute atomic E-state index is 12.8. The third-order valence-corrected chi connectivity index (χ3v) is 5.51. The Morgan fingerprint density at radius 3 is 2.46 bits per heavy atom. The number of nitrogens with zero attached hydrogens (tertiary/aromatic N) is 3. The number of ether oxygens (including phenoxy) is 2. The fourth-order valence-corrected chi connectivity index (χ4v) is 3.85. The maximum atomic E-state index is 12.8. The molecule has 150 valence electrons. The summed E-state index contributed by atoms with van der Waals surface area (Å²) in [6.45, 7) is 3.03. The first-order valence-electron chi connectivity index (χ1n) is 9.56. The van der Waals surface area contributed by atoms with Gasteiger partial charge in [0.15, 0.2) is 11.5 Å². The third kappa shape index (κ3) is 3.56. The Hall–Kier alpha value is -2.97. The van der Waals surface area contributed by atoms with E-state index >= 15 is 0 Å². The number of fused-ring (bicyclic) bond motifs is 1. The van der Waals surface area contributed by atoms with Gasteiger partial charge in [0.1, 0.15) is 19.8 Å². The summed E-state index contributed by atoms with van der Waals surface area (Å²) < 4.78 is 11.1. The summed E-state index contributed by atoms with van der Waals surface area (Å²) in [7, 11) is 0. The van der Waals surface area contributed by atoms with E-state index < -0.39 is 0 Å². The summed E-state index contributed by atoms with van der Waals surface area (Å²) in [6.07, 6.45) is 1.16. The number of likely N-dealkylation sites (tertiary alicyclic amines) is 1. The highest BCUT2D eigenvalue weighted by Crippen LogP contribution is 2.35. The highest BCUT2D eigenvalue weighted by molar-refractivity contribution is 5.96. The van der Waals surface area contributed by atoms with Gasteiger partial charge in [0.05, 0.1) is 0 Å². The Morgan fingerprint density at radius 1 is 1.04 bits per heavy atom. The molecule has 0 saturated carbocycles. The molecule has 0 aromatic heterocycles. The molecular formula is C19H24N4O5. The average Bonchev–Trinajstić information content (AvgIpc) is 3.08. The van der Waals surface area contributed by atoms with Crippen LogP contribution in [0.1, 0.15) is 12.8 Å². The van der Waals surface area contributed by atoms with Crippen LogP contribution in [0.3, 0.4) is 0 Å². The van der Waals surface area contributed by atoms with E-state index in [2.05, 4.69) is 0 Å². The minimum atomic E-state index is -0.308. The maximum Gasteiger partial charge on any atom is 0.325 e. The van der Waals surface area contributed by atoms with Gasteiger partial charge in [-0.15, -0.1) is 0 Å². The second kappa shape index (κ2) is 7.57. The molecule has 0 unspecified atom stereocenters. The molecule has 3 aliphatic heterocycles. The zero-order valence-corrected chi connectivity index (χ0v) is 15.6. The average molecular weight is 388 g/mol. The second-order valence-corrected chi connectivity index (χ2v) is 7.24. The molecule has 3 heterocycles. The van der Waals surface area contributed by atoms with E-state index in [-0.39, 0.29) is 30.3 Å². The first-order valence-corrected chi connectivity index (χ1v) is 9.56. The van der Waals surface area contributed by atoms with Crippen molar-refractivity contribution in [3.63, 3.8) is 0 Å². The molecule has 9 nitrogen and oxygen atoms in total. The molecule has 3 aliphatic rings. The molecule has 2 N–H and O–H groups in total. The molecule has 2 fully saturated rings. The summed E-state index contributed by atoms with van der Waals surface area (Å²) in [6, 6.07) is 5.22. The molecule has 1 aromatic rings. The lowest BCUT2D eigenvalue weighted by molar-refractivity contribution is -0.135. The molecule has 4 rings (SSSR count). The predicted octanol–water partition coefficient (Wildman–Crippen LogP) is 0.424. The van der Waals surface area contributed by atoms with Gasteiger partial charge in [0.2, 0.25) is 11.8 Å². The number of hydrogen-bond acceptors (Lipinski definition) is 5. The van der Waals surface area contributed by atoms with Crippen molar-refractivity contribution >= 4 is 23.5 Å². The summed E-state index contributed by atoms with van der Waals surface area (Å²) in [5, 5.41) is 0. The van der Waals surface area contributed by atoms with Gasteiger partial charge < -0.3 is 25.0 Å². The number of nitrogens with two attached hydrogens (primary N) is 1. The minimum Gasteiger partial charge on any atom is -0.486 e. The van der Waals surface area contributed by atoms with Crippen LogP contribution < -0.4 is 20.1 Å². The van der Waals surface area contributed by atoms with Crippen LogP contribution >= 0.6 is 0 Å². The number of benzene rings is 1. The third-order valence-electron chi connectivity index (χ3n) is 5.51. The number of urea groups is 1. The van der Waals surface area contributed by atoms with Crippen molar-refractivity contribution in [1.29, 1.82) is 0 Å². The highest BCUT2D eigenvalue weighted by Gasteiger charge is 2.33. The Morgan fingerprint density at radius 2 is 1.75 bits per heavy atom. The van der Waals surface area contributed by atoms with E-state index in [1.807, 2.05) is 6.07 Å². The van der Waals surface area contributed by atoms with E-state index in [1.54, 1.807) is 26.8 Å². The minimum absolute atomic E-state index is 0.0428. The second-order valence-electron chi connectivity index (χ2n) is 7.24. The Bertz CT molecular complexity index is 791. The van der Waals surface area contributed by atoms with Crippen LogP contribution in [-0.4, -0.2) is 73.6 Å². The summed E-state index contributed by atoms with van der Waals surface area (Å²) in [5.74, 6) is 0.733. The number of carbonyl (C=O) groups excluding carboxylic acids is 3. The Labute approximate surface area is 162 Å². The topological polar surface area (TPSA) is 105 Å². The molecule has 4 amide bonds. The zero-order valence-electron chi connectivity index (χ0n) is 15.6. The number of carbonyl (C=O) groups is 3. The lowest BCUT2D eigenvalue weighted by Crippen LogP contribution is -2.46. The molecule has 2 saturated heterocycles. The number of rotatable bonds is 4. The number of piperidine rings is 1. The molecule has 0 aliphatic carbocycles. The molecule has 0 radical (unpaired) electrons. The van der Waals surface area contributed by atoms with E-state index in [9.17, 15) is 14.4 Å². The van der Waals surface area contributed by atoms with Gasteiger partial charge in [-0.25, -0.2) is 4.79 Å². The van der Waals surface area contributed by atoms with Gasteiger partial charge in [0, 0.05) is 43.9 Å². The van der Waals surface area contributed by atoms with Crippen molar-refractivity contribution in [1.82, 2.24) is 9.80 Å². The van der Waals surface area contributed by atoms with E-state index in [1.165, 1.54) is 0 Å². The lowest BCUT2D eigenvalue weighted by atomic mass is 9.96. The van der Waals surface area contributed by atoms with Crippen molar-refractivity contribution in [3.8, 4) is 11.5 Å². The first kappa shape index (κ1) is 18.4. The molecular weight excluding hydrogens is 364 g/mol. The standard InChI is InChI=1S/C19H24N4O5/c20-18(25)13-3-5-21(6-4-13)17(24)12-22-7-8-23(19(22)26)14-1-2-15-16(11-14)28-10-9-27-15/h1-2,11,13H,3-10,12H2,(H2,20,25). The van der Waals surface area contributed by atoms with E-state index in [0.29, 0.717) is 63.7 Å². The van der Waals surface area contributed by atoms with Crippen molar-refractivity contribution < 1.29 is 23.9 Å². The Balaban J connectivity index is 1.36. The van der Waals surface area contributed by atoms with Gasteiger partial charge in [-0.1, -0.05) is 0 Å². The van der Waals surface area contributed by atoms with Crippen LogP contribution in [0.5, 0.6) is 11.5 Å². The smallest absolute Gasteiger partial charge is 0.325 e. The van der Waals surface area contributed by atoms with Crippen molar-refractivity contribution in [3.05, 3.63) is 18.2 Å². The fraction of sp³-hybridized carbons (Fsp3) is 0.526. The van der Waals surface area contributed by atoms with Crippen LogP contribution in [0.25, 0.3) is 0 Å². The summed E-state index contributed by atoms with van der Waals surface area (Å²) in [4.78, 5) is 41.5. The summed E-state index contributed by atoms with van der Waals surface area (Å²) >= 11 is 0. The predicted molar refractivity (Wildman–Crippen MR) is 100 cm³/mol. The van der Waals surface area contributed by atoms with Gasteiger partial charge in [0.25, 0.3) is 0 Å².